The number of hydrogen-bond acceptors (Lipinski definition) is 2. The number of ether oxygens (including phenoxy) is 1. The van der Waals surface area contributed by atoms with Crippen molar-refractivity contribution < 1.29 is 9.53 Å². The fourth-order valence-electron chi connectivity index (χ4n) is 1.42. The van der Waals surface area contributed by atoms with Crippen molar-refractivity contribution in [2.45, 2.75) is 5.56 Å². The van der Waals surface area contributed by atoms with E-state index in [1.807, 2.05) is 30.3 Å². The standard InChI is InChI=1S/C14H11ClO2/c15-14(12-4-2-1-3-5-12)17-13-8-6-11(10-16)7-9-13/h1-10,14H. The van der Waals surface area contributed by atoms with Crippen LogP contribution in [0.3, 0.4) is 0 Å². The van der Waals surface area contributed by atoms with Gasteiger partial charge in [0.25, 0.3) is 0 Å². The molecular weight excluding hydrogens is 236 g/mol. The molecule has 0 amide bonds. The van der Waals surface area contributed by atoms with Crippen LogP contribution >= 0.6 is 11.6 Å². The summed E-state index contributed by atoms with van der Waals surface area (Å²) < 4.78 is 5.55. The highest BCUT2D eigenvalue weighted by Crippen LogP contribution is 2.25. The quantitative estimate of drug-likeness (QED) is 0.606. The van der Waals surface area contributed by atoms with E-state index < -0.39 is 5.56 Å². The van der Waals surface area contributed by atoms with Gasteiger partial charge in [-0.2, -0.15) is 0 Å². The van der Waals surface area contributed by atoms with Gasteiger partial charge in [-0.25, -0.2) is 0 Å². The van der Waals surface area contributed by atoms with E-state index in [1.54, 1.807) is 24.3 Å². The summed E-state index contributed by atoms with van der Waals surface area (Å²) in [6.07, 6.45) is 0.791. The van der Waals surface area contributed by atoms with Crippen LogP contribution in [-0.4, -0.2) is 6.29 Å². The molecule has 0 saturated heterocycles. The Morgan fingerprint density at radius 3 is 2.24 bits per heavy atom. The molecule has 0 spiro atoms. The molecule has 0 aliphatic heterocycles. The van der Waals surface area contributed by atoms with Crippen molar-refractivity contribution in [3.05, 3.63) is 65.7 Å². The minimum absolute atomic E-state index is 0.529. The zero-order valence-corrected chi connectivity index (χ0v) is 9.80. The van der Waals surface area contributed by atoms with E-state index >= 15 is 0 Å². The normalized spacial score (nSPS) is 11.8. The predicted molar refractivity (Wildman–Crippen MR) is 67.5 cm³/mol. The Morgan fingerprint density at radius 2 is 1.65 bits per heavy atom. The van der Waals surface area contributed by atoms with E-state index in [4.69, 9.17) is 16.3 Å². The van der Waals surface area contributed by atoms with Crippen molar-refractivity contribution >= 4 is 17.9 Å². The fourth-order valence-corrected chi connectivity index (χ4v) is 1.67. The third-order valence-corrected chi connectivity index (χ3v) is 2.66. The Kier molecular flexibility index (Phi) is 3.78. The van der Waals surface area contributed by atoms with E-state index in [2.05, 4.69) is 0 Å². The minimum atomic E-state index is -0.529. The van der Waals surface area contributed by atoms with Gasteiger partial charge in [0.1, 0.15) is 12.0 Å². The van der Waals surface area contributed by atoms with Crippen LogP contribution in [0.15, 0.2) is 54.6 Å². The molecule has 0 aliphatic rings. The fraction of sp³-hybridized carbons (Fsp3) is 0.0714. The number of aldehydes is 1. The van der Waals surface area contributed by atoms with Crippen LogP contribution in [0.5, 0.6) is 5.75 Å². The maximum Gasteiger partial charge on any atom is 0.197 e. The van der Waals surface area contributed by atoms with Gasteiger partial charge < -0.3 is 4.74 Å². The van der Waals surface area contributed by atoms with Gasteiger partial charge in [0.2, 0.25) is 0 Å². The first-order valence-electron chi connectivity index (χ1n) is 5.20. The number of benzene rings is 2. The first-order valence-corrected chi connectivity index (χ1v) is 5.64. The van der Waals surface area contributed by atoms with Crippen LogP contribution < -0.4 is 4.74 Å². The van der Waals surface area contributed by atoms with Crippen LogP contribution in [0.1, 0.15) is 21.5 Å². The summed E-state index contributed by atoms with van der Waals surface area (Å²) in [6.45, 7) is 0. The highest BCUT2D eigenvalue weighted by molar-refractivity contribution is 6.20. The van der Waals surface area contributed by atoms with Crippen molar-refractivity contribution in [1.29, 1.82) is 0 Å². The lowest BCUT2D eigenvalue weighted by atomic mass is 10.2. The second-order valence-electron chi connectivity index (χ2n) is 3.53. The molecule has 2 nitrogen and oxygen atoms in total. The minimum Gasteiger partial charge on any atom is -0.470 e. The Balaban J connectivity index is 2.07. The molecule has 0 fully saturated rings. The van der Waals surface area contributed by atoms with Crippen molar-refractivity contribution in [2.75, 3.05) is 0 Å². The molecule has 3 heteroatoms. The molecule has 1 unspecified atom stereocenters. The summed E-state index contributed by atoms with van der Waals surface area (Å²) in [4.78, 5) is 10.5. The van der Waals surface area contributed by atoms with Crippen LogP contribution in [-0.2, 0) is 0 Å². The molecule has 86 valence electrons. The van der Waals surface area contributed by atoms with Crippen molar-refractivity contribution in [3.63, 3.8) is 0 Å². The van der Waals surface area contributed by atoms with Crippen molar-refractivity contribution in [3.8, 4) is 5.75 Å². The summed E-state index contributed by atoms with van der Waals surface area (Å²) in [5.74, 6) is 0.638. The summed E-state index contributed by atoms with van der Waals surface area (Å²) in [5, 5.41) is 0. The summed E-state index contributed by atoms with van der Waals surface area (Å²) in [5.41, 5.74) is 0.982. The van der Waals surface area contributed by atoms with Crippen LogP contribution in [0.2, 0.25) is 0 Å². The highest BCUT2D eigenvalue weighted by atomic mass is 35.5. The lowest BCUT2D eigenvalue weighted by molar-refractivity contribution is 0.112. The summed E-state index contributed by atoms with van der Waals surface area (Å²) in [6, 6.07) is 16.4. The maximum absolute atomic E-state index is 10.5. The van der Waals surface area contributed by atoms with Crippen LogP contribution in [0.4, 0.5) is 0 Å². The number of carbonyl (C=O) groups is 1. The van der Waals surface area contributed by atoms with Crippen molar-refractivity contribution in [1.82, 2.24) is 0 Å². The van der Waals surface area contributed by atoms with Crippen molar-refractivity contribution in [2.24, 2.45) is 0 Å². The van der Waals surface area contributed by atoms with Crippen LogP contribution in [0, 0.1) is 0 Å². The smallest absolute Gasteiger partial charge is 0.197 e. The molecule has 2 rings (SSSR count). The lowest BCUT2D eigenvalue weighted by Gasteiger charge is -2.12. The molecule has 0 radical (unpaired) electrons. The van der Waals surface area contributed by atoms with E-state index in [9.17, 15) is 4.79 Å². The molecule has 2 aromatic carbocycles. The largest absolute Gasteiger partial charge is 0.470 e. The predicted octanol–water partition coefficient (Wildman–Crippen LogP) is 3.82. The molecular formula is C14H11ClO2. The molecule has 0 bridgehead atoms. The zero-order valence-electron chi connectivity index (χ0n) is 9.05. The number of carbonyl (C=O) groups excluding carboxylic acids is 1. The first kappa shape index (κ1) is 11.7. The number of alkyl halides is 1. The molecule has 0 aromatic heterocycles. The maximum atomic E-state index is 10.5. The molecule has 0 aliphatic carbocycles. The highest BCUT2D eigenvalue weighted by Gasteiger charge is 2.08. The zero-order chi connectivity index (χ0) is 12.1. The Hall–Kier alpha value is -1.80. The first-order chi connectivity index (χ1) is 8.29. The van der Waals surface area contributed by atoms with E-state index in [-0.39, 0.29) is 0 Å². The number of rotatable bonds is 4. The van der Waals surface area contributed by atoms with Gasteiger partial charge in [-0.3, -0.25) is 4.79 Å². The monoisotopic (exact) mass is 246 g/mol. The molecule has 1 atom stereocenters. The molecule has 0 saturated carbocycles. The second kappa shape index (κ2) is 5.51. The number of hydrogen-bond donors (Lipinski definition) is 0. The Bertz CT molecular complexity index is 479. The molecule has 0 heterocycles. The van der Waals surface area contributed by atoms with Gasteiger partial charge in [-0.15, -0.1) is 0 Å². The number of halogens is 1. The van der Waals surface area contributed by atoms with Gasteiger partial charge in [0.05, 0.1) is 0 Å². The molecule has 17 heavy (non-hydrogen) atoms. The van der Waals surface area contributed by atoms with E-state index in [0.717, 1.165) is 11.8 Å². The average Bonchev–Trinajstić information content (AvgIpc) is 2.40. The third kappa shape index (κ3) is 3.08. The lowest BCUT2D eigenvalue weighted by Crippen LogP contribution is -2.00. The SMILES string of the molecule is O=Cc1ccc(OC(Cl)c2ccccc2)cc1. The molecule has 0 N–H and O–H groups in total. The van der Waals surface area contributed by atoms with Gasteiger partial charge in [0.15, 0.2) is 5.56 Å². The van der Waals surface area contributed by atoms with E-state index in [1.165, 1.54) is 0 Å². The Morgan fingerprint density at radius 1 is 1.00 bits per heavy atom. The van der Waals surface area contributed by atoms with Gasteiger partial charge >= 0.3 is 0 Å². The summed E-state index contributed by atoms with van der Waals surface area (Å²) in [7, 11) is 0. The average molecular weight is 247 g/mol. The van der Waals surface area contributed by atoms with E-state index in [0.29, 0.717) is 11.3 Å². The van der Waals surface area contributed by atoms with Gasteiger partial charge in [-0.1, -0.05) is 41.9 Å². The van der Waals surface area contributed by atoms with Gasteiger partial charge in [0, 0.05) is 11.1 Å². The summed E-state index contributed by atoms with van der Waals surface area (Å²) >= 11 is 6.12. The Labute approximate surface area is 105 Å². The van der Waals surface area contributed by atoms with Gasteiger partial charge in [-0.05, 0) is 24.3 Å². The second-order valence-corrected chi connectivity index (χ2v) is 3.93. The topological polar surface area (TPSA) is 26.3 Å². The van der Waals surface area contributed by atoms with Crippen LogP contribution in [0.25, 0.3) is 0 Å². The third-order valence-electron chi connectivity index (χ3n) is 2.32. The molecule has 2 aromatic rings.